The number of carbonyl (C=O) groups excluding carboxylic acids is 1. The summed E-state index contributed by atoms with van der Waals surface area (Å²) in [5, 5.41) is 0. The molecule has 1 unspecified atom stereocenters. The van der Waals surface area contributed by atoms with Gasteiger partial charge in [0.2, 0.25) is 0 Å². The van der Waals surface area contributed by atoms with Crippen molar-refractivity contribution in [3.63, 3.8) is 0 Å². The maximum Gasteiger partial charge on any atom is 0.310 e. The molecule has 0 saturated carbocycles. The van der Waals surface area contributed by atoms with Crippen LogP contribution in [0.15, 0.2) is 22.7 Å². The van der Waals surface area contributed by atoms with E-state index >= 15 is 0 Å². The van der Waals surface area contributed by atoms with E-state index in [0.29, 0.717) is 25.3 Å². The minimum Gasteiger partial charge on any atom is -0.466 e. The van der Waals surface area contributed by atoms with Gasteiger partial charge in [-0.25, -0.2) is 4.39 Å². The highest BCUT2D eigenvalue weighted by atomic mass is 79.9. The molecule has 1 aromatic rings. The zero-order valence-electron chi connectivity index (χ0n) is 11.6. The van der Waals surface area contributed by atoms with E-state index in [9.17, 15) is 9.18 Å². The van der Waals surface area contributed by atoms with Crippen molar-refractivity contribution in [2.45, 2.75) is 26.3 Å². The number of ether oxygens (including phenoxy) is 1. The van der Waals surface area contributed by atoms with Crippen LogP contribution in [0.5, 0.6) is 0 Å². The van der Waals surface area contributed by atoms with E-state index in [2.05, 4.69) is 20.8 Å². The van der Waals surface area contributed by atoms with E-state index in [0.717, 1.165) is 23.9 Å². The molecular weight excluding hydrogens is 325 g/mol. The lowest BCUT2D eigenvalue weighted by Gasteiger charge is -2.31. The minimum absolute atomic E-state index is 0.0843. The number of hydrogen-bond acceptors (Lipinski definition) is 3. The number of esters is 1. The maximum absolute atomic E-state index is 13.8. The van der Waals surface area contributed by atoms with Crippen LogP contribution in [0.25, 0.3) is 0 Å². The first-order chi connectivity index (χ1) is 9.60. The molecule has 0 radical (unpaired) electrons. The van der Waals surface area contributed by atoms with Gasteiger partial charge in [-0.3, -0.25) is 9.69 Å². The Morgan fingerprint density at radius 1 is 1.55 bits per heavy atom. The second-order valence-corrected chi connectivity index (χ2v) is 5.98. The Morgan fingerprint density at radius 3 is 3.10 bits per heavy atom. The number of rotatable bonds is 4. The van der Waals surface area contributed by atoms with E-state index in [1.807, 2.05) is 6.92 Å². The summed E-state index contributed by atoms with van der Waals surface area (Å²) in [6.45, 7) is 4.29. The normalized spacial score (nSPS) is 19.9. The first kappa shape index (κ1) is 15.4. The molecule has 110 valence electrons. The number of halogens is 2. The maximum atomic E-state index is 13.8. The topological polar surface area (TPSA) is 29.5 Å². The highest BCUT2D eigenvalue weighted by Crippen LogP contribution is 2.22. The molecule has 1 saturated heterocycles. The lowest BCUT2D eigenvalue weighted by molar-refractivity contribution is -0.150. The molecule has 0 bridgehead atoms. The van der Waals surface area contributed by atoms with Gasteiger partial charge in [-0.05, 0) is 44.5 Å². The Balaban J connectivity index is 1.99. The smallest absolute Gasteiger partial charge is 0.310 e. The fourth-order valence-corrected chi connectivity index (χ4v) is 2.97. The average Bonchev–Trinajstić information content (AvgIpc) is 2.43. The van der Waals surface area contributed by atoms with Gasteiger partial charge in [-0.2, -0.15) is 0 Å². The minimum atomic E-state index is -0.202. The van der Waals surface area contributed by atoms with Gasteiger partial charge in [0.25, 0.3) is 0 Å². The molecule has 1 aliphatic rings. The highest BCUT2D eigenvalue weighted by Gasteiger charge is 2.27. The van der Waals surface area contributed by atoms with E-state index in [1.165, 1.54) is 6.07 Å². The molecule has 1 aliphatic heterocycles. The van der Waals surface area contributed by atoms with Crippen LogP contribution in [0.1, 0.15) is 25.3 Å². The lowest BCUT2D eigenvalue weighted by atomic mass is 9.97. The number of hydrogen-bond donors (Lipinski definition) is 0. The Labute approximate surface area is 127 Å². The largest absolute Gasteiger partial charge is 0.466 e. The van der Waals surface area contributed by atoms with E-state index in [1.54, 1.807) is 12.1 Å². The van der Waals surface area contributed by atoms with Crippen LogP contribution in [0.2, 0.25) is 0 Å². The predicted molar refractivity (Wildman–Crippen MR) is 78.7 cm³/mol. The molecule has 2 rings (SSSR count). The lowest BCUT2D eigenvalue weighted by Crippen LogP contribution is -2.39. The van der Waals surface area contributed by atoms with Gasteiger partial charge in [0.1, 0.15) is 5.82 Å². The van der Waals surface area contributed by atoms with Crippen molar-refractivity contribution in [2.75, 3.05) is 19.7 Å². The second kappa shape index (κ2) is 7.18. The van der Waals surface area contributed by atoms with Crippen LogP contribution in [0.4, 0.5) is 4.39 Å². The molecule has 0 aromatic heterocycles. The Morgan fingerprint density at radius 2 is 2.35 bits per heavy atom. The summed E-state index contributed by atoms with van der Waals surface area (Å²) in [6, 6.07) is 4.95. The van der Waals surface area contributed by atoms with E-state index in [4.69, 9.17) is 4.74 Å². The zero-order chi connectivity index (χ0) is 14.5. The Bertz CT molecular complexity index is 481. The third-order valence-electron chi connectivity index (χ3n) is 3.53. The molecule has 0 aliphatic carbocycles. The molecule has 1 atom stereocenters. The summed E-state index contributed by atoms with van der Waals surface area (Å²) in [7, 11) is 0. The van der Waals surface area contributed by atoms with Gasteiger partial charge in [0.15, 0.2) is 0 Å². The van der Waals surface area contributed by atoms with Crippen LogP contribution in [0, 0.1) is 11.7 Å². The van der Waals surface area contributed by atoms with Crippen LogP contribution >= 0.6 is 15.9 Å². The molecule has 1 heterocycles. The summed E-state index contributed by atoms with van der Waals surface area (Å²) in [4.78, 5) is 13.9. The van der Waals surface area contributed by atoms with Crippen molar-refractivity contribution in [3.05, 3.63) is 34.1 Å². The molecular formula is C15H19BrFNO2. The summed E-state index contributed by atoms with van der Waals surface area (Å²) < 4.78 is 19.7. The summed E-state index contributed by atoms with van der Waals surface area (Å²) in [6.07, 6.45) is 1.80. The first-order valence-electron chi connectivity index (χ1n) is 6.93. The molecule has 1 aromatic carbocycles. The second-order valence-electron chi connectivity index (χ2n) is 5.06. The molecule has 0 amide bonds. The number of likely N-dealkylation sites (tertiary alicyclic amines) is 1. The van der Waals surface area contributed by atoms with Gasteiger partial charge < -0.3 is 4.74 Å². The third kappa shape index (κ3) is 4.03. The molecule has 0 N–H and O–H groups in total. The summed E-state index contributed by atoms with van der Waals surface area (Å²) >= 11 is 3.36. The van der Waals surface area contributed by atoms with E-state index < -0.39 is 0 Å². The first-order valence-corrected chi connectivity index (χ1v) is 7.72. The van der Waals surface area contributed by atoms with Gasteiger partial charge in [-0.1, -0.05) is 15.9 Å². The van der Waals surface area contributed by atoms with Crippen LogP contribution in [0.3, 0.4) is 0 Å². The van der Waals surface area contributed by atoms with Crippen molar-refractivity contribution < 1.29 is 13.9 Å². The fraction of sp³-hybridized carbons (Fsp3) is 0.533. The highest BCUT2D eigenvalue weighted by molar-refractivity contribution is 9.10. The number of nitrogens with zero attached hydrogens (tertiary/aromatic N) is 1. The SMILES string of the molecule is CCOC(=O)C1CCCN(Cc2cc(Br)ccc2F)C1. The Kier molecular flexibility index (Phi) is 5.54. The standard InChI is InChI=1S/C15H19BrFNO2/c1-2-20-15(19)11-4-3-7-18(9-11)10-12-8-13(16)5-6-14(12)17/h5-6,8,11H,2-4,7,9-10H2,1H3. The van der Waals surface area contributed by atoms with Crippen LogP contribution in [-0.2, 0) is 16.1 Å². The molecule has 0 spiro atoms. The number of benzene rings is 1. The van der Waals surface area contributed by atoms with Gasteiger partial charge in [0, 0.05) is 23.1 Å². The molecule has 3 nitrogen and oxygen atoms in total. The van der Waals surface area contributed by atoms with Crippen LogP contribution < -0.4 is 0 Å². The van der Waals surface area contributed by atoms with Gasteiger partial charge in [0.05, 0.1) is 12.5 Å². The molecule has 1 fully saturated rings. The fourth-order valence-electron chi connectivity index (χ4n) is 2.56. The van der Waals surface area contributed by atoms with Crippen molar-refractivity contribution >= 4 is 21.9 Å². The number of piperidine rings is 1. The average molecular weight is 344 g/mol. The monoisotopic (exact) mass is 343 g/mol. The Hall–Kier alpha value is -0.940. The predicted octanol–water partition coefficient (Wildman–Crippen LogP) is 3.36. The van der Waals surface area contributed by atoms with Gasteiger partial charge in [-0.15, -0.1) is 0 Å². The third-order valence-corrected chi connectivity index (χ3v) is 4.02. The molecule has 20 heavy (non-hydrogen) atoms. The zero-order valence-corrected chi connectivity index (χ0v) is 13.2. The van der Waals surface area contributed by atoms with E-state index in [-0.39, 0.29) is 17.7 Å². The van der Waals surface area contributed by atoms with Crippen LogP contribution in [-0.4, -0.2) is 30.6 Å². The van der Waals surface area contributed by atoms with Crippen molar-refractivity contribution in [1.29, 1.82) is 0 Å². The summed E-state index contributed by atoms with van der Waals surface area (Å²) in [5.41, 5.74) is 0.656. The van der Waals surface area contributed by atoms with Gasteiger partial charge >= 0.3 is 5.97 Å². The molecule has 5 heteroatoms. The quantitative estimate of drug-likeness (QED) is 0.785. The van der Waals surface area contributed by atoms with Crippen molar-refractivity contribution in [3.8, 4) is 0 Å². The number of carbonyl (C=O) groups is 1. The van der Waals surface area contributed by atoms with Crippen molar-refractivity contribution in [2.24, 2.45) is 5.92 Å². The van der Waals surface area contributed by atoms with Crippen molar-refractivity contribution in [1.82, 2.24) is 4.90 Å². The summed E-state index contributed by atoms with van der Waals surface area (Å²) in [5.74, 6) is -0.419.